The number of amides is 2. The number of carbonyl (C=O) groups is 1. The van der Waals surface area contributed by atoms with Gasteiger partial charge < -0.3 is 30.5 Å². The van der Waals surface area contributed by atoms with Gasteiger partial charge in [-0.15, -0.1) is 0 Å². The molecule has 9 nitrogen and oxygen atoms in total. The van der Waals surface area contributed by atoms with Crippen LogP contribution in [0.1, 0.15) is 31.7 Å². The number of aliphatic hydroxyl groups is 1. The van der Waals surface area contributed by atoms with Crippen LogP contribution >= 0.6 is 0 Å². The molecule has 1 unspecified atom stereocenters. The number of imidazole rings is 1. The fourth-order valence-corrected chi connectivity index (χ4v) is 6.52. The van der Waals surface area contributed by atoms with Gasteiger partial charge in [0.15, 0.2) is 0 Å². The molecule has 6 rings (SSSR count). The highest BCUT2D eigenvalue weighted by Gasteiger charge is 2.27. The number of urea groups is 1. The van der Waals surface area contributed by atoms with E-state index in [2.05, 4.69) is 25.4 Å². The first-order chi connectivity index (χ1) is 20.5. The lowest BCUT2D eigenvalue weighted by atomic mass is 10.0. The largest absolute Gasteiger partial charge is 0.390 e. The number of rotatable bonds is 8. The lowest BCUT2D eigenvalue weighted by Gasteiger charge is -2.36. The number of piperidine rings is 2. The summed E-state index contributed by atoms with van der Waals surface area (Å²) in [6.45, 7) is 4.68. The first-order valence-corrected chi connectivity index (χ1v) is 15.1. The van der Waals surface area contributed by atoms with Gasteiger partial charge in [-0.3, -0.25) is 4.57 Å². The van der Waals surface area contributed by atoms with Gasteiger partial charge in [-0.05, 0) is 49.4 Å². The van der Waals surface area contributed by atoms with Crippen LogP contribution in [0.15, 0.2) is 83.7 Å². The average molecular weight is 569 g/mol. The minimum absolute atomic E-state index is 0.0398. The van der Waals surface area contributed by atoms with E-state index in [4.69, 9.17) is 0 Å². The fraction of sp³-hybridized carbons (Fsp3) is 0.394. The highest BCUT2D eigenvalue weighted by Crippen LogP contribution is 2.28. The number of likely N-dealkylation sites (tertiary alicyclic amines) is 2. The second-order valence-electron chi connectivity index (χ2n) is 11.6. The van der Waals surface area contributed by atoms with E-state index < -0.39 is 6.10 Å². The molecule has 1 aromatic heterocycles. The maximum atomic E-state index is 12.8. The molecule has 2 amide bonds. The third kappa shape index (κ3) is 6.59. The zero-order valence-electron chi connectivity index (χ0n) is 23.9. The number of β-amino-alcohol motifs (C(OH)–C–C–N with tert-alkyl or cyclic N) is 1. The summed E-state index contributed by atoms with van der Waals surface area (Å²) in [6, 6.07) is 25.9. The molecule has 1 atom stereocenters. The molecule has 220 valence electrons. The average Bonchev–Trinajstić information content (AvgIpc) is 3.35. The molecule has 4 N–H and O–H groups in total. The van der Waals surface area contributed by atoms with Gasteiger partial charge >= 0.3 is 11.7 Å². The Morgan fingerprint density at radius 1 is 0.833 bits per heavy atom. The summed E-state index contributed by atoms with van der Waals surface area (Å²) >= 11 is 0. The van der Waals surface area contributed by atoms with Crippen molar-refractivity contribution in [2.45, 2.75) is 43.9 Å². The molecule has 3 aromatic carbocycles. The number of hydrogen-bond acceptors (Lipinski definition) is 5. The molecular weight excluding hydrogens is 528 g/mol. The maximum absolute atomic E-state index is 12.8. The van der Waals surface area contributed by atoms with E-state index in [1.54, 1.807) is 0 Å². The predicted molar refractivity (Wildman–Crippen MR) is 167 cm³/mol. The Kier molecular flexibility index (Phi) is 8.69. The smallest absolute Gasteiger partial charge is 0.326 e. The number of nitrogens with zero attached hydrogens (tertiary/aromatic N) is 3. The molecular formula is C33H40N6O3. The number of anilines is 1. The van der Waals surface area contributed by atoms with E-state index in [9.17, 15) is 14.7 Å². The van der Waals surface area contributed by atoms with Gasteiger partial charge in [-0.1, -0.05) is 60.7 Å². The SMILES string of the molecule is O=C(Nc1ccccc1-c1ccccc1)NC1CCN(CC(O)CN2CCC(n3c(=O)[nH]c4ccccc43)CC2)CC1. The van der Waals surface area contributed by atoms with Crippen molar-refractivity contribution in [2.75, 3.05) is 44.6 Å². The molecule has 4 aromatic rings. The zero-order valence-corrected chi connectivity index (χ0v) is 23.9. The van der Waals surface area contributed by atoms with Gasteiger partial charge in [0.2, 0.25) is 0 Å². The number of aliphatic hydroxyl groups excluding tert-OH is 1. The van der Waals surface area contributed by atoms with Crippen LogP contribution in [0.4, 0.5) is 10.5 Å². The van der Waals surface area contributed by atoms with Crippen molar-refractivity contribution in [3.8, 4) is 11.1 Å². The van der Waals surface area contributed by atoms with Gasteiger partial charge in [-0.25, -0.2) is 9.59 Å². The van der Waals surface area contributed by atoms with Crippen LogP contribution in [0.25, 0.3) is 22.2 Å². The van der Waals surface area contributed by atoms with Crippen molar-refractivity contribution >= 4 is 22.8 Å². The summed E-state index contributed by atoms with van der Waals surface area (Å²) in [7, 11) is 0. The number of para-hydroxylation sites is 3. The summed E-state index contributed by atoms with van der Waals surface area (Å²) in [5, 5.41) is 17.0. The number of fused-ring (bicyclic) bond motifs is 1. The van der Waals surface area contributed by atoms with Crippen molar-refractivity contribution in [1.82, 2.24) is 24.7 Å². The summed E-state index contributed by atoms with van der Waals surface area (Å²) < 4.78 is 1.91. The van der Waals surface area contributed by atoms with E-state index in [-0.39, 0.29) is 23.8 Å². The summed E-state index contributed by atoms with van der Waals surface area (Å²) in [6.07, 6.45) is 3.06. The Morgan fingerprint density at radius 2 is 1.45 bits per heavy atom. The van der Waals surface area contributed by atoms with Crippen molar-refractivity contribution in [3.63, 3.8) is 0 Å². The van der Waals surface area contributed by atoms with E-state index in [1.165, 1.54) is 0 Å². The number of nitrogens with one attached hydrogen (secondary N) is 3. The van der Waals surface area contributed by atoms with Crippen LogP contribution in [0.2, 0.25) is 0 Å². The van der Waals surface area contributed by atoms with Crippen LogP contribution in [0.5, 0.6) is 0 Å². The molecule has 0 radical (unpaired) electrons. The molecule has 0 aliphatic carbocycles. The zero-order chi connectivity index (χ0) is 28.9. The van der Waals surface area contributed by atoms with Gasteiger partial charge in [0.1, 0.15) is 0 Å². The second-order valence-corrected chi connectivity index (χ2v) is 11.6. The van der Waals surface area contributed by atoms with E-state index in [1.807, 2.05) is 83.4 Å². The second kappa shape index (κ2) is 12.9. The minimum atomic E-state index is -0.431. The van der Waals surface area contributed by atoms with Crippen LogP contribution in [0, 0.1) is 0 Å². The lowest BCUT2D eigenvalue weighted by Crippen LogP contribution is -2.49. The van der Waals surface area contributed by atoms with Crippen molar-refractivity contribution in [1.29, 1.82) is 0 Å². The Morgan fingerprint density at radius 3 is 2.19 bits per heavy atom. The van der Waals surface area contributed by atoms with Crippen LogP contribution in [-0.4, -0.2) is 81.9 Å². The molecule has 0 saturated carbocycles. The Labute approximate surface area is 246 Å². The fourth-order valence-electron chi connectivity index (χ4n) is 6.52. The molecule has 0 spiro atoms. The Balaban J connectivity index is 0.925. The molecule has 42 heavy (non-hydrogen) atoms. The van der Waals surface area contributed by atoms with E-state index >= 15 is 0 Å². The summed E-state index contributed by atoms with van der Waals surface area (Å²) in [5.74, 6) is 0. The van der Waals surface area contributed by atoms with Crippen molar-refractivity contribution < 1.29 is 9.90 Å². The highest BCUT2D eigenvalue weighted by atomic mass is 16.3. The minimum Gasteiger partial charge on any atom is -0.390 e. The molecule has 0 bridgehead atoms. The van der Waals surface area contributed by atoms with Gasteiger partial charge in [0, 0.05) is 56.9 Å². The van der Waals surface area contributed by atoms with E-state index in [0.29, 0.717) is 13.1 Å². The molecule has 3 heterocycles. The number of aromatic amines is 1. The number of hydrogen-bond donors (Lipinski definition) is 4. The van der Waals surface area contributed by atoms with Gasteiger partial charge in [0.25, 0.3) is 0 Å². The van der Waals surface area contributed by atoms with Crippen LogP contribution < -0.4 is 16.3 Å². The normalized spacial score (nSPS) is 18.2. The van der Waals surface area contributed by atoms with Gasteiger partial charge in [-0.2, -0.15) is 0 Å². The Bertz CT molecular complexity index is 1530. The number of benzene rings is 3. The van der Waals surface area contributed by atoms with E-state index in [0.717, 1.165) is 79.7 Å². The third-order valence-corrected chi connectivity index (χ3v) is 8.67. The van der Waals surface area contributed by atoms with Crippen LogP contribution in [0.3, 0.4) is 0 Å². The van der Waals surface area contributed by atoms with Crippen LogP contribution in [-0.2, 0) is 0 Å². The number of H-pyrrole nitrogens is 1. The Hall–Kier alpha value is -3.92. The highest BCUT2D eigenvalue weighted by molar-refractivity contribution is 5.94. The first-order valence-electron chi connectivity index (χ1n) is 15.1. The quantitative estimate of drug-likeness (QED) is 0.254. The summed E-state index contributed by atoms with van der Waals surface area (Å²) in [5.41, 5.74) is 4.66. The maximum Gasteiger partial charge on any atom is 0.326 e. The third-order valence-electron chi connectivity index (χ3n) is 8.67. The molecule has 2 fully saturated rings. The predicted octanol–water partition coefficient (Wildman–Crippen LogP) is 4.28. The van der Waals surface area contributed by atoms with Gasteiger partial charge in [0.05, 0.1) is 22.8 Å². The topological polar surface area (TPSA) is 106 Å². The molecule has 2 saturated heterocycles. The van der Waals surface area contributed by atoms with Crippen molar-refractivity contribution in [2.24, 2.45) is 0 Å². The molecule has 2 aliphatic rings. The molecule has 9 heteroatoms. The number of carbonyl (C=O) groups excluding carboxylic acids is 1. The van der Waals surface area contributed by atoms with Crippen molar-refractivity contribution in [3.05, 3.63) is 89.3 Å². The summed E-state index contributed by atoms with van der Waals surface area (Å²) in [4.78, 5) is 33.0. The monoisotopic (exact) mass is 568 g/mol. The number of aromatic nitrogens is 2. The lowest BCUT2D eigenvalue weighted by molar-refractivity contribution is 0.0529. The standard InChI is InChI=1S/C33H40N6O3/c40-27(23-38-20-16-26(17-21-38)39-31-13-7-6-12-30(31)36-33(39)42)22-37-18-14-25(15-19-37)34-32(41)35-29-11-5-4-10-28(29)24-8-2-1-3-9-24/h1-13,25-27,40H,14-23H2,(H,36,42)(H2,34,35,41). The molecule has 2 aliphatic heterocycles. The first kappa shape index (κ1) is 28.2.